The highest BCUT2D eigenvalue weighted by Crippen LogP contribution is 2.48. The van der Waals surface area contributed by atoms with Gasteiger partial charge < -0.3 is 19.9 Å². The number of aryl methyl sites for hydroxylation is 1. The molecule has 1 saturated carbocycles. The minimum absolute atomic E-state index is 0.00474. The van der Waals surface area contributed by atoms with Gasteiger partial charge in [-0.1, -0.05) is 6.07 Å². The first-order chi connectivity index (χ1) is 18.6. The molecule has 1 unspecified atom stereocenters. The molecule has 1 aliphatic rings. The molecule has 0 bridgehead atoms. The van der Waals surface area contributed by atoms with Gasteiger partial charge in [0.05, 0.1) is 22.4 Å². The molecule has 3 aromatic rings. The smallest absolute Gasteiger partial charge is 0.435 e. The summed E-state index contributed by atoms with van der Waals surface area (Å²) in [4.78, 5) is 13.4. The van der Waals surface area contributed by atoms with E-state index in [2.05, 4.69) is 15.5 Å². The first kappa shape index (κ1) is 29.2. The van der Waals surface area contributed by atoms with Crippen LogP contribution in [-0.4, -0.2) is 38.8 Å². The van der Waals surface area contributed by atoms with Crippen LogP contribution in [0.5, 0.6) is 17.4 Å². The van der Waals surface area contributed by atoms with Gasteiger partial charge >= 0.3 is 6.18 Å². The SMILES string of the molecule is COc1c(F)c(C2(O)CCC2)cc(C)c1Oc1nnc(C(F)(F)F)c(C)c1C(=O)Nc1cccc(S(C)(=N)=O)c1. The van der Waals surface area contributed by atoms with Gasteiger partial charge in [0.2, 0.25) is 0 Å². The van der Waals surface area contributed by atoms with Crippen molar-refractivity contribution in [2.75, 3.05) is 18.7 Å². The van der Waals surface area contributed by atoms with Crippen LogP contribution < -0.4 is 14.8 Å². The number of anilines is 1. The van der Waals surface area contributed by atoms with E-state index in [1.807, 2.05) is 0 Å². The number of hydrogen-bond acceptors (Lipinski definition) is 8. The zero-order chi connectivity index (χ0) is 29.6. The fourth-order valence-corrected chi connectivity index (χ4v) is 5.08. The molecule has 14 heteroatoms. The number of halogens is 4. The van der Waals surface area contributed by atoms with Crippen molar-refractivity contribution >= 4 is 21.3 Å². The van der Waals surface area contributed by atoms with E-state index < -0.39 is 61.7 Å². The van der Waals surface area contributed by atoms with Crippen LogP contribution in [-0.2, 0) is 21.5 Å². The number of hydrogen-bond donors (Lipinski definition) is 3. The minimum Gasteiger partial charge on any atom is -0.490 e. The molecule has 1 amide bonds. The van der Waals surface area contributed by atoms with Gasteiger partial charge in [-0.05, 0) is 68.5 Å². The van der Waals surface area contributed by atoms with Gasteiger partial charge in [0.1, 0.15) is 5.56 Å². The molecule has 0 radical (unpaired) electrons. The Morgan fingerprint density at radius 1 is 1.18 bits per heavy atom. The molecule has 2 aromatic carbocycles. The van der Waals surface area contributed by atoms with E-state index in [1.165, 1.54) is 43.5 Å². The second kappa shape index (κ2) is 10.3. The zero-order valence-corrected chi connectivity index (χ0v) is 22.7. The zero-order valence-electron chi connectivity index (χ0n) is 21.9. The number of carbonyl (C=O) groups is 1. The third-order valence-corrected chi connectivity index (χ3v) is 7.82. The summed E-state index contributed by atoms with van der Waals surface area (Å²) in [6.45, 7) is 2.53. The molecular weight excluding hydrogens is 556 g/mol. The Bertz CT molecular complexity index is 1610. The number of amides is 1. The van der Waals surface area contributed by atoms with Crippen molar-refractivity contribution in [2.45, 2.75) is 49.8 Å². The summed E-state index contributed by atoms with van der Waals surface area (Å²) in [5.41, 5.74) is -3.75. The number of rotatable bonds is 7. The first-order valence-electron chi connectivity index (χ1n) is 11.9. The van der Waals surface area contributed by atoms with Crippen LogP contribution in [0.4, 0.5) is 23.2 Å². The van der Waals surface area contributed by atoms with Crippen molar-refractivity contribution in [3.05, 3.63) is 64.1 Å². The lowest BCUT2D eigenvalue weighted by Crippen LogP contribution is -2.34. The van der Waals surface area contributed by atoms with Gasteiger partial charge in [0, 0.05) is 22.4 Å². The molecule has 1 atom stereocenters. The Labute approximate surface area is 227 Å². The number of nitrogens with one attached hydrogen (secondary N) is 2. The molecule has 1 fully saturated rings. The normalized spacial score (nSPS) is 16.0. The molecule has 1 heterocycles. The quantitative estimate of drug-likeness (QED) is 0.304. The number of alkyl halides is 3. The molecule has 3 N–H and O–H groups in total. The van der Waals surface area contributed by atoms with E-state index in [-0.39, 0.29) is 27.5 Å². The number of aliphatic hydroxyl groups is 1. The van der Waals surface area contributed by atoms with E-state index >= 15 is 4.39 Å². The first-order valence-corrected chi connectivity index (χ1v) is 13.9. The molecule has 4 rings (SSSR count). The van der Waals surface area contributed by atoms with Crippen LogP contribution in [0.2, 0.25) is 0 Å². The maximum Gasteiger partial charge on any atom is 0.435 e. The number of benzene rings is 2. The fourth-order valence-electron chi connectivity index (χ4n) is 4.39. The van der Waals surface area contributed by atoms with E-state index in [9.17, 15) is 27.3 Å². The third-order valence-electron chi connectivity index (χ3n) is 6.67. The average Bonchev–Trinajstić information content (AvgIpc) is 2.83. The van der Waals surface area contributed by atoms with Crippen molar-refractivity contribution in [1.82, 2.24) is 10.2 Å². The summed E-state index contributed by atoms with van der Waals surface area (Å²) < 4.78 is 87.3. The number of methoxy groups -OCH3 is 1. The summed E-state index contributed by atoms with van der Waals surface area (Å²) in [5.74, 6) is -3.34. The number of nitrogens with zero attached hydrogens (tertiary/aromatic N) is 2. The van der Waals surface area contributed by atoms with Crippen molar-refractivity contribution < 1.29 is 41.1 Å². The summed E-state index contributed by atoms with van der Waals surface area (Å²) in [6, 6.07) is 6.84. The Morgan fingerprint density at radius 2 is 1.85 bits per heavy atom. The summed E-state index contributed by atoms with van der Waals surface area (Å²) in [6.07, 6.45) is -2.39. The molecule has 1 aliphatic carbocycles. The maximum atomic E-state index is 15.4. The summed E-state index contributed by atoms with van der Waals surface area (Å²) in [5, 5.41) is 19.8. The molecular formula is C26H26F4N4O5S. The topological polar surface area (TPSA) is 134 Å². The van der Waals surface area contributed by atoms with Crippen LogP contribution in [0.15, 0.2) is 35.2 Å². The van der Waals surface area contributed by atoms with Crippen LogP contribution >= 0.6 is 0 Å². The third kappa shape index (κ3) is 5.45. The standard InChI is InChI=1S/C26H26F4N4O5S/c1-13-11-17(25(36)9-6-10-25)19(27)21(38-3)20(13)39-24-18(14(2)22(33-34-24)26(28,29)30)23(35)32-15-7-5-8-16(12-15)40(4,31)37/h5,7-8,11-12,31,36H,6,9-10H2,1-4H3,(H,32,35). The van der Waals surface area contributed by atoms with Gasteiger partial charge in [-0.15, -0.1) is 10.2 Å². The van der Waals surface area contributed by atoms with E-state index in [0.29, 0.717) is 19.3 Å². The predicted octanol–water partition coefficient (Wildman–Crippen LogP) is 5.71. The van der Waals surface area contributed by atoms with E-state index in [1.54, 1.807) is 0 Å². The Balaban J connectivity index is 1.82. The highest BCUT2D eigenvalue weighted by atomic mass is 32.2. The minimum atomic E-state index is -4.96. The molecule has 0 spiro atoms. The lowest BCUT2D eigenvalue weighted by molar-refractivity contribution is -0.142. The van der Waals surface area contributed by atoms with E-state index in [0.717, 1.165) is 14.0 Å². The monoisotopic (exact) mass is 582 g/mol. The molecule has 0 aliphatic heterocycles. The number of aromatic nitrogens is 2. The molecule has 40 heavy (non-hydrogen) atoms. The molecule has 0 saturated heterocycles. The average molecular weight is 583 g/mol. The Hall–Kier alpha value is -3.78. The van der Waals surface area contributed by atoms with Crippen molar-refractivity contribution in [1.29, 1.82) is 4.78 Å². The lowest BCUT2D eigenvalue weighted by atomic mass is 9.74. The van der Waals surface area contributed by atoms with Crippen LogP contribution in [0.25, 0.3) is 0 Å². The second-order valence-electron chi connectivity index (χ2n) is 9.58. The molecule has 1 aromatic heterocycles. The van der Waals surface area contributed by atoms with Crippen LogP contribution in [0.1, 0.15) is 52.0 Å². The van der Waals surface area contributed by atoms with Crippen LogP contribution in [0, 0.1) is 24.4 Å². The summed E-state index contributed by atoms with van der Waals surface area (Å²) in [7, 11) is -2.00. The molecule has 214 valence electrons. The van der Waals surface area contributed by atoms with Crippen LogP contribution in [0.3, 0.4) is 0 Å². The van der Waals surface area contributed by atoms with Crippen molar-refractivity contribution in [3.63, 3.8) is 0 Å². The van der Waals surface area contributed by atoms with Crippen molar-refractivity contribution in [2.24, 2.45) is 0 Å². The highest BCUT2D eigenvalue weighted by Gasteiger charge is 2.41. The molecule has 9 nitrogen and oxygen atoms in total. The van der Waals surface area contributed by atoms with Gasteiger partial charge in [0.25, 0.3) is 11.8 Å². The fraction of sp³-hybridized carbons (Fsp3) is 0.346. The van der Waals surface area contributed by atoms with Gasteiger partial charge in [-0.25, -0.2) is 13.4 Å². The predicted molar refractivity (Wildman–Crippen MR) is 137 cm³/mol. The van der Waals surface area contributed by atoms with E-state index in [4.69, 9.17) is 14.3 Å². The second-order valence-corrected chi connectivity index (χ2v) is 11.7. The summed E-state index contributed by atoms with van der Waals surface area (Å²) >= 11 is 0. The highest BCUT2D eigenvalue weighted by molar-refractivity contribution is 7.91. The number of carbonyl (C=O) groups excluding carboxylic acids is 1. The lowest BCUT2D eigenvalue weighted by Gasteiger charge is -2.37. The van der Waals surface area contributed by atoms with Gasteiger partial charge in [-0.2, -0.15) is 13.2 Å². The van der Waals surface area contributed by atoms with Crippen molar-refractivity contribution in [3.8, 4) is 17.4 Å². The van der Waals surface area contributed by atoms with Gasteiger partial charge in [-0.3, -0.25) is 4.79 Å². The number of ether oxygens (including phenoxy) is 2. The van der Waals surface area contributed by atoms with Gasteiger partial charge in [0.15, 0.2) is 23.0 Å². The maximum absolute atomic E-state index is 15.4. The Kier molecular flexibility index (Phi) is 7.54. The largest absolute Gasteiger partial charge is 0.490 e. The Morgan fingerprint density at radius 3 is 2.40 bits per heavy atom.